The molecule has 8 nitrogen and oxygen atoms in total. The molecule has 0 unspecified atom stereocenters. The number of carbonyl (C=O) groups is 2. The van der Waals surface area contributed by atoms with Gasteiger partial charge in [-0.05, 0) is 32.0 Å². The Balaban J connectivity index is 1.58. The second kappa shape index (κ2) is 7.08. The highest BCUT2D eigenvalue weighted by atomic mass is 16.6. The minimum absolute atomic E-state index is 0.00698. The Labute approximate surface area is 143 Å². The minimum atomic E-state index is -0.659. The van der Waals surface area contributed by atoms with Gasteiger partial charge in [-0.25, -0.2) is 14.3 Å². The number of carbonyl (C=O) groups excluding carboxylic acids is 2. The van der Waals surface area contributed by atoms with Crippen molar-refractivity contribution in [3.8, 4) is 5.75 Å². The van der Waals surface area contributed by atoms with Crippen molar-refractivity contribution in [2.24, 2.45) is 0 Å². The number of ketones is 1. The van der Waals surface area contributed by atoms with Crippen LogP contribution in [0.3, 0.4) is 0 Å². The van der Waals surface area contributed by atoms with Crippen LogP contribution in [0.2, 0.25) is 0 Å². The summed E-state index contributed by atoms with van der Waals surface area (Å²) in [5.74, 6) is -0.0287. The Hall–Kier alpha value is -3.29. The van der Waals surface area contributed by atoms with E-state index in [0.29, 0.717) is 17.1 Å². The summed E-state index contributed by atoms with van der Waals surface area (Å²) in [6.45, 7) is 3.42. The van der Waals surface area contributed by atoms with Crippen molar-refractivity contribution in [2.45, 2.75) is 13.8 Å². The molecule has 0 fully saturated rings. The van der Waals surface area contributed by atoms with Gasteiger partial charge in [0.25, 0.3) is 11.6 Å². The Bertz CT molecular complexity index is 935. The van der Waals surface area contributed by atoms with E-state index in [2.05, 4.69) is 15.1 Å². The number of aromatic nitrogens is 4. The van der Waals surface area contributed by atoms with Crippen LogP contribution in [0.4, 0.5) is 0 Å². The van der Waals surface area contributed by atoms with Crippen LogP contribution in [0.25, 0.3) is 5.78 Å². The van der Waals surface area contributed by atoms with E-state index in [-0.39, 0.29) is 24.8 Å². The molecule has 0 spiro atoms. The van der Waals surface area contributed by atoms with Crippen LogP contribution in [0.5, 0.6) is 5.75 Å². The third-order valence-corrected chi connectivity index (χ3v) is 3.45. The van der Waals surface area contributed by atoms with E-state index in [4.69, 9.17) is 9.47 Å². The van der Waals surface area contributed by atoms with Gasteiger partial charge in [-0.1, -0.05) is 12.1 Å². The van der Waals surface area contributed by atoms with Crippen molar-refractivity contribution in [1.82, 2.24) is 19.6 Å². The number of hydrogen-bond acceptors (Lipinski definition) is 7. The third-order valence-electron chi connectivity index (χ3n) is 3.45. The molecule has 3 rings (SSSR count). The highest BCUT2D eigenvalue weighted by Crippen LogP contribution is 2.18. The molecule has 0 aliphatic carbocycles. The molecule has 128 valence electrons. The molecule has 0 saturated carbocycles. The van der Waals surface area contributed by atoms with Crippen LogP contribution in [0, 0.1) is 6.92 Å². The lowest BCUT2D eigenvalue weighted by molar-refractivity contribution is 0.0435. The van der Waals surface area contributed by atoms with Crippen molar-refractivity contribution >= 4 is 17.5 Å². The van der Waals surface area contributed by atoms with Crippen molar-refractivity contribution in [1.29, 1.82) is 0 Å². The maximum absolute atomic E-state index is 12.0. The lowest BCUT2D eigenvalue weighted by Gasteiger charge is -2.09. The van der Waals surface area contributed by atoms with Gasteiger partial charge in [0.2, 0.25) is 0 Å². The Morgan fingerprint density at radius 1 is 1.16 bits per heavy atom. The molecule has 0 atom stereocenters. The second-order valence-corrected chi connectivity index (χ2v) is 5.27. The zero-order chi connectivity index (χ0) is 17.8. The monoisotopic (exact) mass is 340 g/mol. The number of rotatable bonds is 6. The summed E-state index contributed by atoms with van der Waals surface area (Å²) in [7, 11) is 0. The number of fused-ring (bicyclic) bond motifs is 1. The summed E-state index contributed by atoms with van der Waals surface area (Å²) in [4.78, 5) is 31.6. The topological polar surface area (TPSA) is 95.7 Å². The third kappa shape index (κ3) is 3.63. The Morgan fingerprint density at radius 2 is 1.96 bits per heavy atom. The van der Waals surface area contributed by atoms with Gasteiger partial charge in [-0.3, -0.25) is 4.79 Å². The fourth-order valence-electron chi connectivity index (χ4n) is 2.23. The summed E-state index contributed by atoms with van der Waals surface area (Å²) in [6, 6.07) is 8.66. The van der Waals surface area contributed by atoms with Crippen LogP contribution in [0.15, 0.2) is 36.5 Å². The molecule has 3 aromatic rings. The molecule has 1 aromatic carbocycles. The molecule has 2 aromatic heterocycles. The molecule has 0 bridgehead atoms. The number of para-hydroxylation sites is 1. The predicted molar refractivity (Wildman–Crippen MR) is 87.7 cm³/mol. The van der Waals surface area contributed by atoms with Gasteiger partial charge in [-0.2, -0.15) is 4.98 Å². The van der Waals surface area contributed by atoms with E-state index in [1.807, 2.05) is 6.92 Å². The van der Waals surface area contributed by atoms with E-state index < -0.39 is 5.97 Å². The van der Waals surface area contributed by atoms with E-state index in [9.17, 15) is 9.59 Å². The highest BCUT2D eigenvalue weighted by Gasteiger charge is 2.16. The van der Waals surface area contributed by atoms with Gasteiger partial charge in [0.15, 0.2) is 5.78 Å². The number of esters is 1. The van der Waals surface area contributed by atoms with E-state index >= 15 is 0 Å². The number of aryl methyl sites for hydroxylation is 1. The minimum Gasteiger partial charge on any atom is -0.489 e. The summed E-state index contributed by atoms with van der Waals surface area (Å²) in [6.07, 6.45) is 1.59. The average molecular weight is 340 g/mol. The summed E-state index contributed by atoms with van der Waals surface area (Å²) < 4.78 is 12.1. The maximum Gasteiger partial charge on any atom is 0.378 e. The quantitative estimate of drug-likeness (QED) is 0.384. The first-order valence-electron chi connectivity index (χ1n) is 7.64. The van der Waals surface area contributed by atoms with Crippen molar-refractivity contribution in [2.75, 3.05) is 13.2 Å². The smallest absolute Gasteiger partial charge is 0.378 e. The van der Waals surface area contributed by atoms with E-state index in [1.165, 1.54) is 11.4 Å². The standard InChI is InChI=1S/C17H16N4O4/c1-11-7-8-18-17-19-15(20-21(11)17)16(23)25-10-9-24-14-6-4-3-5-13(14)12(2)22/h3-8H,9-10H2,1-2H3. The van der Waals surface area contributed by atoms with Gasteiger partial charge < -0.3 is 9.47 Å². The number of benzene rings is 1. The molecule has 0 radical (unpaired) electrons. The van der Waals surface area contributed by atoms with Crippen LogP contribution in [0.1, 0.15) is 33.6 Å². The van der Waals surface area contributed by atoms with Crippen molar-refractivity contribution < 1.29 is 19.1 Å². The maximum atomic E-state index is 12.0. The number of nitrogens with zero attached hydrogens (tertiary/aromatic N) is 4. The fraction of sp³-hybridized carbons (Fsp3) is 0.235. The number of ether oxygens (including phenoxy) is 2. The van der Waals surface area contributed by atoms with E-state index in [1.54, 1.807) is 36.5 Å². The SMILES string of the molecule is CC(=O)c1ccccc1OCCOC(=O)c1nc2nccc(C)n2n1. The molecular formula is C17H16N4O4. The van der Waals surface area contributed by atoms with E-state index in [0.717, 1.165) is 5.69 Å². The van der Waals surface area contributed by atoms with Gasteiger partial charge in [0.1, 0.15) is 19.0 Å². The van der Waals surface area contributed by atoms with Gasteiger partial charge >= 0.3 is 5.97 Å². The highest BCUT2D eigenvalue weighted by molar-refractivity contribution is 5.96. The molecule has 0 saturated heterocycles. The molecule has 8 heteroatoms. The molecule has 0 amide bonds. The fourth-order valence-corrected chi connectivity index (χ4v) is 2.23. The second-order valence-electron chi connectivity index (χ2n) is 5.27. The number of Topliss-reactive ketones (excluding diaryl/α,β-unsaturated/α-hetero) is 1. The van der Waals surface area contributed by atoms with Crippen LogP contribution in [-0.4, -0.2) is 44.5 Å². The first kappa shape index (κ1) is 16.6. The van der Waals surface area contributed by atoms with Crippen LogP contribution < -0.4 is 4.74 Å². The summed E-state index contributed by atoms with van der Waals surface area (Å²) in [5, 5.41) is 4.07. The molecule has 0 N–H and O–H groups in total. The number of hydrogen-bond donors (Lipinski definition) is 0. The van der Waals surface area contributed by atoms with Crippen molar-refractivity contribution in [3.63, 3.8) is 0 Å². The average Bonchev–Trinajstić information content (AvgIpc) is 3.04. The Morgan fingerprint density at radius 3 is 2.72 bits per heavy atom. The van der Waals surface area contributed by atoms with Crippen molar-refractivity contribution in [3.05, 3.63) is 53.6 Å². The van der Waals surface area contributed by atoms with Gasteiger partial charge in [-0.15, -0.1) is 5.10 Å². The molecule has 25 heavy (non-hydrogen) atoms. The lowest BCUT2D eigenvalue weighted by Crippen LogP contribution is -2.14. The molecular weight excluding hydrogens is 324 g/mol. The zero-order valence-electron chi connectivity index (χ0n) is 13.8. The lowest BCUT2D eigenvalue weighted by atomic mass is 10.1. The molecule has 0 aliphatic rings. The van der Waals surface area contributed by atoms with Crippen LogP contribution >= 0.6 is 0 Å². The van der Waals surface area contributed by atoms with Gasteiger partial charge in [0, 0.05) is 11.9 Å². The largest absolute Gasteiger partial charge is 0.489 e. The van der Waals surface area contributed by atoms with Gasteiger partial charge in [0.05, 0.1) is 5.56 Å². The predicted octanol–water partition coefficient (Wildman–Crippen LogP) is 1.87. The molecule has 2 heterocycles. The summed E-state index contributed by atoms with van der Waals surface area (Å²) in [5.41, 5.74) is 1.29. The summed E-state index contributed by atoms with van der Waals surface area (Å²) >= 11 is 0. The normalized spacial score (nSPS) is 10.6. The first-order chi connectivity index (χ1) is 12.1. The molecule has 0 aliphatic heterocycles. The first-order valence-corrected chi connectivity index (χ1v) is 7.64. The van der Waals surface area contributed by atoms with Crippen LogP contribution in [-0.2, 0) is 4.74 Å². The Kier molecular flexibility index (Phi) is 4.69. The zero-order valence-corrected chi connectivity index (χ0v) is 13.8.